The third-order valence-electron chi connectivity index (χ3n) is 6.04. The minimum atomic E-state index is -4.61. The first-order valence-corrected chi connectivity index (χ1v) is 11.5. The Kier molecular flexibility index (Phi) is 7.21. The van der Waals surface area contributed by atoms with Crippen LogP contribution in [0.2, 0.25) is 5.02 Å². The molecule has 1 N–H and O–H groups in total. The summed E-state index contributed by atoms with van der Waals surface area (Å²) < 4.78 is 40.3. The Morgan fingerprint density at radius 3 is 2.47 bits per heavy atom. The van der Waals surface area contributed by atoms with E-state index >= 15 is 0 Å². The van der Waals surface area contributed by atoms with Crippen LogP contribution in [0.25, 0.3) is 10.9 Å². The molecule has 8 nitrogen and oxygen atoms in total. The van der Waals surface area contributed by atoms with E-state index in [1.165, 1.54) is 19.3 Å². The quantitative estimate of drug-likeness (QED) is 0.557. The summed E-state index contributed by atoms with van der Waals surface area (Å²) in [5.41, 5.74) is 0.117. The molecule has 2 heterocycles. The maximum atomic E-state index is 13.0. The molecule has 1 aliphatic rings. The Bertz CT molecular complexity index is 1370. The first-order valence-electron chi connectivity index (χ1n) is 11.1. The van der Waals surface area contributed by atoms with Crippen LogP contribution in [0.5, 0.6) is 0 Å². The van der Waals surface area contributed by atoms with Crippen molar-refractivity contribution in [2.24, 2.45) is 0 Å². The lowest BCUT2D eigenvalue weighted by Crippen LogP contribution is -2.48. The highest BCUT2D eigenvalue weighted by molar-refractivity contribution is 6.31. The van der Waals surface area contributed by atoms with E-state index in [1.54, 1.807) is 17.0 Å². The summed E-state index contributed by atoms with van der Waals surface area (Å²) in [4.78, 5) is 45.1. The van der Waals surface area contributed by atoms with E-state index < -0.39 is 28.2 Å². The number of anilines is 1. The molecule has 190 valence electrons. The van der Waals surface area contributed by atoms with Crippen LogP contribution >= 0.6 is 11.6 Å². The zero-order chi connectivity index (χ0) is 26.0. The molecule has 0 bridgehead atoms. The molecule has 1 saturated heterocycles. The number of rotatable bonds is 5. The molecule has 1 aromatic heterocycles. The number of alkyl halides is 3. The van der Waals surface area contributed by atoms with Gasteiger partial charge in [-0.2, -0.15) is 13.2 Å². The van der Waals surface area contributed by atoms with E-state index in [2.05, 4.69) is 15.2 Å². The Hall–Kier alpha value is -3.60. The first-order chi connectivity index (χ1) is 17.0. The molecule has 0 saturated carbocycles. The van der Waals surface area contributed by atoms with Crippen LogP contribution < -0.4 is 15.8 Å². The fourth-order valence-electron chi connectivity index (χ4n) is 4.05. The lowest BCUT2D eigenvalue weighted by molar-refractivity contribution is -0.137. The van der Waals surface area contributed by atoms with Gasteiger partial charge in [-0.1, -0.05) is 17.7 Å². The van der Waals surface area contributed by atoms with Crippen LogP contribution in [-0.2, 0) is 28.9 Å². The monoisotopic (exact) mass is 521 g/mol. The Balaban J connectivity index is 1.45. The predicted molar refractivity (Wildman–Crippen MR) is 129 cm³/mol. The average molecular weight is 522 g/mol. The number of nitrogens with one attached hydrogen (secondary N) is 1. The van der Waals surface area contributed by atoms with Crippen molar-refractivity contribution in [2.45, 2.75) is 26.2 Å². The van der Waals surface area contributed by atoms with E-state index in [1.807, 2.05) is 6.07 Å². The summed E-state index contributed by atoms with van der Waals surface area (Å²) in [6.07, 6.45) is -3.35. The highest BCUT2D eigenvalue weighted by Gasteiger charge is 2.33. The molecule has 36 heavy (non-hydrogen) atoms. The standard InChI is InChI=1S/C24H23ClF3N5O3/c1-15(34)31-6-8-32(9-7-31)17-3-5-21-18(11-17)23(36)33(14-30-21)13-22(35)29-12-16-2-4-20(25)19(10-16)24(26,27)28/h2-5,10-11,14H,6-9,12-13H2,1H3,(H,29,35). The van der Waals surface area contributed by atoms with Gasteiger partial charge in [0.15, 0.2) is 0 Å². The van der Waals surface area contributed by atoms with Gasteiger partial charge in [0, 0.05) is 45.3 Å². The summed E-state index contributed by atoms with van der Waals surface area (Å²) in [6, 6.07) is 8.70. The molecule has 3 aromatic rings. The number of nitrogens with zero attached hydrogens (tertiary/aromatic N) is 4. The number of hydrogen-bond donors (Lipinski definition) is 1. The second kappa shape index (κ2) is 10.2. The van der Waals surface area contributed by atoms with E-state index in [-0.39, 0.29) is 24.6 Å². The molecule has 4 rings (SSSR count). The van der Waals surface area contributed by atoms with E-state index in [9.17, 15) is 27.6 Å². The van der Waals surface area contributed by atoms with Gasteiger partial charge >= 0.3 is 6.18 Å². The third-order valence-corrected chi connectivity index (χ3v) is 6.37. The van der Waals surface area contributed by atoms with Crippen LogP contribution in [0.1, 0.15) is 18.1 Å². The van der Waals surface area contributed by atoms with Gasteiger partial charge in [-0.15, -0.1) is 0 Å². The van der Waals surface area contributed by atoms with Gasteiger partial charge in [0.2, 0.25) is 11.8 Å². The molecule has 0 aliphatic carbocycles. The summed E-state index contributed by atoms with van der Waals surface area (Å²) in [5.74, 6) is -0.534. The molecule has 12 heteroatoms. The predicted octanol–water partition coefficient (Wildman–Crippen LogP) is 3.05. The van der Waals surface area contributed by atoms with Crippen LogP contribution in [0.3, 0.4) is 0 Å². The molecular formula is C24H23ClF3N5O3. The first kappa shape index (κ1) is 25.5. The zero-order valence-electron chi connectivity index (χ0n) is 19.3. The fraction of sp³-hybridized carbons (Fsp3) is 0.333. The topological polar surface area (TPSA) is 87.5 Å². The van der Waals surface area contributed by atoms with Gasteiger partial charge in [0.25, 0.3) is 5.56 Å². The van der Waals surface area contributed by atoms with Crippen LogP contribution in [0.15, 0.2) is 47.5 Å². The molecular weight excluding hydrogens is 499 g/mol. The molecule has 1 aliphatic heterocycles. The molecule has 2 aromatic carbocycles. The van der Waals surface area contributed by atoms with Crippen molar-refractivity contribution >= 4 is 40.0 Å². The number of piperazine rings is 1. The van der Waals surface area contributed by atoms with Crippen molar-refractivity contribution < 1.29 is 22.8 Å². The Morgan fingerprint density at radius 1 is 1.08 bits per heavy atom. The van der Waals surface area contributed by atoms with Crippen LogP contribution in [0, 0.1) is 0 Å². The second-order valence-corrected chi connectivity index (χ2v) is 8.87. The minimum Gasteiger partial charge on any atom is -0.368 e. The van der Waals surface area contributed by atoms with Crippen molar-refractivity contribution in [1.29, 1.82) is 0 Å². The number of carbonyl (C=O) groups is 2. The second-order valence-electron chi connectivity index (χ2n) is 8.46. The van der Waals surface area contributed by atoms with Crippen molar-refractivity contribution in [3.63, 3.8) is 0 Å². The summed E-state index contributed by atoms with van der Waals surface area (Å²) in [7, 11) is 0. The maximum absolute atomic E-state index is 13.0. The maximum Gasteiger partial charge on any atom is 0.417 e. The molecule has 0 unspecified atom stereocenters. The summed E-state index contributed by atoms with van der Waals surface area (Å²) >= 11 is 5.62. The van der Waals surface area contributed by atoms with Crippen LogP contribution in [0.4, 0.5) is 18.9 Å². The summed E-state index contributed by atoms with van der Waals surface area (Å²) in [6.45, 7) is 3.45. The Labute approximate surface area is 209 Å². The van der Waals surface area contributed by atoms with Gasteiger partial charge < -0.3 is 15.1 Å². The molecule has 2 amide bonds. The number of carbonyl (C=O) groups excluding carboxylic acids is 2. The smallest absolute Gasteiger partial charge is 0.368 e. The molecule has 0 spiro atoms. The van der Waals surface area contributed by atoms with Gasteiger partial charge in [-0.3, -0.25) is 19.0 Å². The van der Waals surface area contributed by atoms with Gasteiger partial charge in [-0.25, -0.2) is 4.98 Å². The molecule has 1 fully saturated rings. The number of benzene rings is 2. The molecule has 0 atom stereocenters. The van der Waals surface area contributed by atoms with Crippen LogP contribution in [-0.4, -0.2) is 52.4 Å². The SMILES string of the molecule is CC(=O)N1CCN(c2ccc3ncn(CC(=O)NCc4ccc(Cl)c(C(F)(F)F)c4)c(=O)c3c2)CC1. The van der Waals surface area contributed by atoms with E-state index in [0.717, 1.165) is 22.4 Å². The van der Waals surface area contributed by atoms with Crippen molar-refractivity contribution in [1.82, 2.24) is 19.8 Å². The van der Waals surface area contributed by atoms with Crippen molar-refractivity contribution in [2.75, 3.05) is 31.1 Å². The molecule has 0 radical (unpaired) electrons. The lowest BCUT2D eigenvalue weighted by Gasteiger charge is -2.35. The number of amides is 2. The van der Waals surface area contributed by atoms with Crippen molar-refractivity contribution in [3.05, 3.63) is 69.2 Å². The highest BCUT2D eigenvalue weighted by atomic mass is 35.5. The number of hydrogen-bond acceptors (Lipinski definition) is 5. The average Bonchev–Trinajstić information content (AvgIpc) is 2.84. The zero-order valence-corrected chi connectivity index (χ0v) is 20.1. The van der Waals surface area contributed by atoms with Gasteiger partial charge in [0.05, 0.1) is 27.8 Å². The number of fused-ring (bicyclic) bond motifs is 1. The van der Waals surface area contributed by atoms with E-state index in [0.29, 0.717) is 37.1 Å². The largest absolute Gasteiger partial charge is 0.417 e. The van der Waals surface area contributed by atoms with Crippen molar-refractivity contribution in [3.8, 4) is 0 Å². The van der Waals surface area contributed by atoms with Gasteiger partial charge in [0.1, 0.15) is 6.54 Å². The lowest BCUT2D eigenvalue weighted by atomic mass is 10.1. The van der Waals surface area contributed by atoms with Gasteiger partial charge in [-0.05, 0) is 35.9 Å². The van der Waals surface area contributed by atoms with E-state index in [4.69, 9.17) is 11.6 Å². The fourth-order valence-corrected chi connectivity index (χ4v) is 4.27. The number of halogens is 4. The highest BCUT2D eigenvalue weighted by Crippen LogP contribution is 2.35. The number of aromatic nitrogens is 2. The normalized spacial score (nSPS) is 14.2. The summed E-state index contributed by atoms with van der Waals surface area (Å²) in [5, 5.41) is 2.43. The Morgan fingerprint density at radius 2 is 1.81 bits per heavy atom. The third kappa shape index (κ3) is 5.62. The minimum absolute atomic E-state index is 0.0235.